The molecule has 5 aromatic heterocycles. The molecule has 0 amide bonds. The Labute approximate surface area is 217 Å². The van der Waals surface area contributed by atoms with Gasteiger partial charge in [0.05, 0.1) is 5.69 Å². The van der Waals surface area contributed by atoms with Crippen LogP contribution >= 0.6 is 0 Å². The second kappa shape index (κ2) is 8.11. The molecular weight excluding hydrogens is 470 g/mol. The van der Waals surface area contributed by atoms with Crippen molar-refractivity contribution in [3.63, 3.8) is 0 Å². The van der Waals surface area contributed by atoms with Gasteiger partial charge in [0, 0.05) is 46.1 Å². The Morgan fingerprint density at radius 1 is 0.447 bits per heavy atom. The largest absolute Gasteiger partial charge is 0.454 e. The number of nitrogens with zero attached hydrogens (tertiary/aromatic N) is 3. The molecule has 5 nitrogen and oxygen atoms in total. The molecule has 0 unspecified atom stereocenters. The van der Waals surface area contributed by atoms with Gasteiger partial charge in [0.1, 0.15) is 22.2 Å². The zero-order valence-corrected chi connectivity index (χ0v) is 20.1. The fourth-order valence-corrected chi connectivity index (χ4v) is 5.28. The van der Waals surface area contributed by atoms with Crippen LogP contribution in [0.15, 0.2) is 124 Å². The molecule has 5 heterocycles. The van der Waals surface area contributed by atoms with Crippen LogP contribution < -0.4 is 0 Å². The van der Waals surface area contributed by atoms with Crippen molar-refractivity contribution in [3.05, 3.63) is 116 Å². The summed E-state index contributed by atoms with van der Waals surface area (Å²) in [5.74, 6) is 0. The van der Waals surface area contributed by atoms with Crippen molar-refractivity contribution in [2.45, 2.75) is 0 Å². The number of hydrogen-bond donors (Lipinski definition) is 0. The average molecular weight is 490 g/mol. The lowest BCUT2D eigenvalue weighted by Crippen LogP contribution is -1.89. The van der Waals surface area contributed by atoms with Crippen molar-refractivity contribution in [1.82, 2.24) is 15.0 Å². The quantitative estimate of drug-likeness (QED) is 0.248. The monoisotopic (exact) mass is 489 g/mol. The molecule has 0 saturated heterocycles. The zero-order chi connectivity index (χ0) is 25.1. The number of pyridine rings is 3. The molecule has 0 atom stereocenters. The predicted molar refractivity (Wildman–Crippen MR) is 151 cm³/mol. The Kier molecular flexibility index (Phi) is 4.45. The Hall–Kier alpha value is -5.29. The van der Waals surface area contributed by atoms with Crippen LogP contribution in [0.3, 0.4) is 0 Å². The Morgan fingerprint density at radius 3 is 1.53 bits per heavy atom. The van der Waals surface area contributed by atoms with Gasteiger partial charge in [-0.15, -0.1) is 0 Å². The number of fused-ring (bicyclic) bond motifs is 6. The highest BCUT2D eigenvalue weighted by molar-refractivity contribution is 6.09. The van der Waals surface area contributed by atoms with Crippen LogP contribution in [0.2, 0.25) is 0 Å². The summed E-state index contributed by atoms with van der Waals surface area (Å²) in [6.07, 6.45) is 5.50. The molecule has 0 saturated carbocycles. The maximum Gasteiger partial charge on any atom is 0.161 e. The van der Waals surface area contributed by atoms with Crippen LogP contribution in [-0.2, 0) is 0 Å². The SMILES string of the molecule is c1ccc(-c2cc(-c3ccnc4c3oc3ccccc34)cc(-c3ccnc4c3oc3ccccc34)c2)nc1. The molecular formula is C33H19N3O2. The minimum Gasteiger partial charge on any atom is -0.454 e. The van der Waals surface area contributed by atoms with E-state index in [0.717, 1.165) is 77.6 Å². The summed E-state index contributed by atoms with van der Waals surface area (Å²) in [5, 5.41) is 2.01. The highest BCUT2D eigenvalue weighted by atomic mass is 16.3. The van der Waals surface area contributed by atoms with Crippen LogP contribution in [0.4, 0.5) is 0 Å². The van der Waals surface area contributed by atoms with Crippen molar-refractivity contribution >= 4 is 44.1 Å². The van der Waals surface area contributed by atoms with E-state index in [1.54, 1.807) is 0 Å². The van der Waals surface area contributed by atoms with Gasteiger partial charge in [0.25, 0.3) is 0 Å². The molecule has 0 bridgehead atoms. The molecule has 0 radical (unpaired) electrons. The van der Waals surface area contributed by atoms with Crippen LogP contribution in [0.5, 0.6) is 0 Å². The molecule has 5 heteroatoms. The standard InChI is InChI=1S/C33H19N3O2/c1-3-10-28-25(7-1)30-32(37-28)23(12-15-35-30)20-17-21(19-22(18-20)27-9-5-6-14-34-27)24-13-16-36-31-26-8-2-4-11-29(26)38-33(24)31/h1-19H. The van der Waals surface area contributed by atoms with Crippen molar-refractivity contribution < 1.29 is 8.83 Å². The molecule has 0 aliphatic heterocycles. The lowest BCUT2D eigenvalue weighted by molar-refractivity contribution is 0.669. The van der Waals surface area contributed by atoms with E-state index in [9.17, 15) is 0 Å². The normalized spacial score (nSPS) is 11.7. The first-order valence-corrected chi connectivity index (χ1v) is 12.4. The molecule has 0 aliphatic carbocycles. The molecule has 0 N–H and O–H groups in total. The van der Waals surface area contributed by atoms with Gasteiger partial charge >= 0.3 is 0 Å². The average Bonchev–Trinajstić information content (AvgIpc) is 3.56. The van der Waals surface area contributed by atoms with Crippen molar-refractivity contribution in [2.75, 3.05) is 0 Å². The number of hydrogen-bond acceptors (Lipinski definition) is 5. The third-order valence-corrected chi connectivity index (χ3v) is 7.03. The maximum absolute atomic E-state index is 6.33. The first-order chi connectivity index (χ1) is 18.8. The van der Waals surface area contributed by atoms with Crippen LogP contribution in [0, 0.1) is 0 Å². The lowest BCUT2D eigenvalue weighted by Gasteiger charge is -2.11. The summed E-state index contributed by atoms with van der Waals surface area (Å²) in [5.41, 5.74) is 10.7. The van der Waals surface area contributed by atoms with Gasteiger partial charge in [-0.2, -0.15) is 0 Å². The van der Waals surface area contributed by atoms with Crippen LogP contribution in [0.25, 0.3) is 77.6 Å². The summed E-state index contributed by atoms with van der Waals surface area (Å²) in [7, 11) is 0. The third-order valence-electron chi connectivity index (χ3n) is 7.03. The second-order valence-corrected chi connectivity index (χ2v) is 9.28. The van der Waals surface area contributed by atoms with Gasteiger partial charge in [0.2, 0.25) is 0 Å². The zero-order valence-electron chi connectivity index (χ0n) is 20.1. The van der Waals surface area contributed by atoms with Crippen molar-refractivity contribution in [1.29, 1.82) is 0 Å². The van der Waals surface area contributed by atoms with E-state index >= 15 is 0 Å². The van der Waals surface area contributed by atoms with E-state index in [1.165, 1.54) is 0 Å². The fraction of sp³-hybridized carbons (Fsp3) is 0. The number of para-hydroxylation sites is 2. The summed E-state index contributed by atoms with van der Waals surface area (Å²) in [6, 6.07) is 32.5. The van der Waals surface area contributed by atoms with E-state index < -0.39 is 0 Å². The summed E-state index contributed by atoms with van der Waals surface area (Å²) in [4.78, 5) is 13.9. The second-order valence-electron chi connectivity index (χ2n) is 9.28. The fourth-order valence-electron chi connectivity index (χ4n) is 5.28. The summed E-state index contributed by atoms with van der Waals surface area (Å²) >= 11 is 0. The predicted octanol–water partition coefficient (Wildman–Crippen LogP) is 8.67. The molecule has 8 aromatic rings. The van der Waals surface area contributed by atoms with Crippen LogP contribution in [-0.4, -0.2) is 15.0 Å². The van der Waals surface area contributed by atoms with Gasteiger partial charge in [-0.25, -0.2) is 0 Å². The topological polar surface area (TPSA) is 65.0 Å². The van der Waals surface area contributed by atoms with Gasteiger partial charge in [-0.05, 0) is 77.9 Å². The minimum atomic E-state index is 0.765. The molecule has 38 heavy (non-hydrogen) atoms. The van der Waals surface area contributed by atoms with Crippen LogP contribution in [0.1, 0.15) is 0 Å². The Bertz CT molecular complexity index is 2010. The van der Waals surface area contributed by atoms with Gasteiger partial charge in [-0.3, -0.25) is 15.0 Å². The number of rotatable bonds is 3. The molecule has 3 aromatic carbocycles. The van der Waals surface area contributed by atoms with E-state index in [2.05, 4.69) is 33.2 Å². The minimum absolute atomic E-state index is 0.765. The summed E-state index contributed by atoms with van der Waals surface area (Å²) in [6.45, 7) is 0. The summed E-state index contributed by atoms with van der Waals surface area (Å²) < 4.78 is 12.7. The number of furan rings is 2. The van der Waals surface area contributed by atoms with E-state index in [-0.39, 0.29) is 0 Å². The first kappa shape index (κ1) is 20.9. The highest BCUT2D eigenvalue weighted by Gasteiger charge is 2.18. The first-order valence-electron chi connectivity index (χ1n) is 12.4. The number of aromatic nitrogens is 3. The van der Waals surface area contributed by atoms with Gasteiger partial charge in [-0.1, -0.05) is 30.3 Å². The highest BCUT2D eigenvalue weighted by Crippen LogP contribution is 2.40. The van der Waals surface area contributed by atoms with Crippen molar-refractivity contribution in [2.24, 2.45) is 0 Å². The van der Waals surface area contributed by atoms with Crippen molar-refractivity contribution in [3.8, 4) is 33.5 Å². The molecule has 178 valence electrons. The molecule has 0 aliphatic rings. The molecule has 0 fully saturated rings. The lowest BCUT2D eigenvalue weighted by atomic mass is 9.94. The van der Waals surface area contributed by atoms with Gasteiger partial charge < -0.3 is 8.83 Å². The van der Waals surface area contributed by atoms with Gasteiger partial charge in [0.15, 0.2) is 11.2 Å². The maximum atomic E-state index is 6.33. The smallest absolute Gasteiger partial charge is 0.161 e. The number of benzene rings is 3. The van der Waals surface area contributed by atoms with E-state index in [0.29, 0.717) is 0 Å². The molecule has 0 spiro atoms. The van der Waals surface area contributed by atoms with E-state index in [4.69, 9.17) is 8.83 Å². The van der Waals surface area contributed by atoms with E-state index in [1.807, 2.05) is 97.5 Å². The Morgan fingerprint density at radius 2 is 0.974 bits per heavy atom. The molecule has 8 rings (SSSR count). The third kappa shape index (κ3) is 3.15. The Balaban J connectivity index is 1.43.